The van der Waals surface area contributed by atoms with E-state index in [1.165, 1.54) is 25.9 Å². The molecule has 0 aromatic carbocycles. The van der Waals surface area contributed by atoms with Crippen LogP contribution in [0.5, 0.6) is 0 Å². The minimum absolute atomic E-state index is 0.164. The first-order chi connectivity index (χ1) is 6.70. The van der Waals surface area contributed by atoms with E-state index in [2.05, 4.69) is 10.6 Å². The van der Waals surface area contributed by atoms with Crippen molar-refractivity contribution in [3.63, 3.8) is 0 Å². The molecule has 2 fully saturated rings. The first kappa shape index (κ1) is 11.0. The SMILES string of the molecule is C1CCNC1.O=C1CCC(C(=O)O)N1. The van der Waals surface area contributed by atoms with Crippen molar-refractivity contribution >= 4 is 11.9 Å². The van der Waals surface area contributed by atoms with E-state index >= 15 is 0 Å². The van der Waals surface area contributed by atoms with Crippen molar-refractivity contribution in [2.75, 3.05) is 13.1 Å². The number of hydrogen-bond acceptors (Lipinski definition) is 3. The molecule has 1 unspecified atom stereocenters. The summed E-state index contributed by atoms with van der Waals surface area (Å²) in [5, 5.41) is 13.9. The zero-order chi connectivity index (χ0) is 10.4. The van der Waals surface area contributed by atoms with Crippen LogP contribution < -0.4 is 10.6 Å². The summed E-state index contributed by atoms with van der Waals surface area (Å²) in [6.07, 6.45) is 3.55. The van der Waals surface area contributed by atoms with Crippen molar-refractivity contribution in [1.29, 1.82) is 0 Å². The van der Waals surface area contributed by atoms with Crippen LogP contribution in [-0.4, -0.2) is 36.1 Å². The molecule has 2 aliphatic heterocycles. The molecule has 5 nitrogen and oxygen atoms in total. The number of nitrogens with one attached hydrogen (secondary N) is 2. The summed E-state index contributed by atoms with van der Waals surface area (Å²) in [7, 11) is 0. The Balaban J connectivity index is 0.000000165. The van der Waals surface area contributed by atoms with Crippen LogP contribution in [0.25, 0.3) is 0 Å². The minimum atomic E-state index is -0.944. The molecule has 14 heavy (non-hydrogen) atoms. The Morgan fingerprint density at radius 3 is 2.21 bits per heavy atom. The van der Waals surface area contributed by atoms with Crippen LogP contribution in [0.1, 0.15) is 25.7 Å². The number of carboxylic acid groups (broad SMARTS) is 1. The van der Waals surface area contributed by atoms with Gasteiger partial charge in [-0.1, -0.05) is 0 Å². The lowest BCUT2D eigenvalue weighted by molar-refractivity contribution is -0.140. The largest absolute Gasteiger partial charge is 0.480 e. The van der Waals surface area contributed by atoms with E-state index in [1.54, 1.807) is 0 Å². The predicted octanol–water partition coefficient (Wildman–Crippen LogP) is -0.281. The van der Waals surface area contributed by atoms with Gasteiger partial charge in [-0.3, -0.25) is 4.79 Å². The Morgan fingerprint density at radius 1 is 1.36 bits per heavy atom. The fourth-order valence-electron chi connectivity index (χ4n) is 1.42. The van der Waals surface area contributed by atoms with Crippen molar-refractivity contribution < 1.29 is 14.7 Å². The predicted molar refractivity (Wildman–Crippen MR) is 50.9 cm³/mol. The second-order valence-electron chi connectivity index (χ2n) is 3.45. The van der Waals surface area contributed by atoms with E-state index in [0.717, 1.165) is 0 Å². The van der Waals surface area contributed by atoms with Crippen molar-refractivity contribution in [1.82, 2.24) is 10.6 Å². The zero-order valence-electron chi connectivity index (χ0n) is 8.08. The molecule has 0 radical (unpaired) electrons. The van der Waals surface area contributed by atoms with Gasteiger partial charge in [-0.25, -0.2) is 4.79 Å². The van der Waals surface area contributed by atoms with Crippen molar-refractivity contribution in [3.8, 4) is 0 Å². The highest BCUT2D eigenvalue weighted by Gasteiger charge is 2.26. The summed E-state index contributed by atoms with van der Waals surface area (Å²) >= 11 is 0. The molecule has 1 amide bonds. The first-order valence-electron chi connectivity index (χ1n) is 4.93. The van der Waals surface area contributed by atoms with Crippen molar-refractivity contribution in [2.45, 2.75) is 31.7 Å². The van der Waals surface area contributed by atoms with Crippen LogP contribution in [0.4, 0.5) is 0 Å². The molecule has 3 N–H and O–H groups in total. The maximum Gasteiger partial charge on any atom is 0.326 e. The number of carbonyl (C=O) groups excluding carboxylic acids is 1. The van der Waals surface area contributed by atoms with Gasteiger partial charge in [0.25, 0.3) is 0 Å². The van der Waals surface area contributed by atoms with E-state index < -0.39 is 12.0 Å². The van der Waals surface area contributed by atoms with Gasteiger partial charge >= 0.3 is 5.97 Å². The van der Waals surface area contributed by atoms with Crippen LogP contribution >= 0.6 is 0 Å². The average Bonchev–Trinajstić information content (AvgIpc) is 2.74. The number of amides is 1. The Bertz CT molecular complexity index is 206. The minimum Gasteiger partial charge on any atom is -0.480 e. The van der Waals surface area contributed by atoms with E-state index in [1.807, 2.05) is 0 Å². The lowest BCUT2D eigenvalue weighted by Crippen LogP contribution is -2.32. The second-order valence-corrected chi connectivity index (χ2v) is 3.45. The average molecular weight is 200 g/mol. The maximum absolute atomic E-state index is 10.4. The van der Waals surface area contributed by atoms with Crippen LogP contribution in [0.15, 0.2) is 0 Å². The van der Waals surface area contributed by atoms with Crippen LogP contribution in [0.3, 0.4) is 0 Å². The zero-order valence-corrected chi connectivity index (χ0v) is 8.08. The fraction of sp³-hybridized carbons (Fsp3) is 0.778. The molecule has 0 aliphatic carbocycles. The monoisotopic (exact) mass is 200 g/mol. The Hall–Kier alpha value is -1.10. The third kappa shape index (κ3) is 3.74. The molecule has 80 valence electrons. The quantitative estimate of drug-likeness (QED) is 0.544. The maximum atomic E-state index is 10.4. The van der Waals surface area contributed by atoms with E-state index in [-0.39, 0.29) is 5.91 Å². The molecule has 1 atom stereocenters. The molecule has 0 bridgehead atoms. The Morgan fingerprint density at radius 2 is 2.00 bits per heavy atom. The highest BCUT2D eigenvalue weighted by atomic mass is 16.4. The Kier molecular flexibility index (Phi) is 4.39. The van der Waals surface area contributed by atoms with E-state index in [4.69, 9.17) is 5.11 Å². The molecule has 5 heteroatoms. The number of aliphatic carboxylic acids is 1. The van der Waals surface area contributed by atoms with Gasteiger partial charge in [-0.2, -0.15) is 0 Å². The molecule has 2 rings (SSSR count). The lowest BCUT2D eigenvalue weighted by Gasteiger charge is -1.99. The van der Waals surface area contributed by atoms with Crippen LogP contribution in [0.2, 0.25) is 0 Å². The van der Waals surface area contributed by atoms with Gasteiger partial charge in [0.2, 0.25) is 5.91 Å². The first-order valence-corrected chi connectivity index (χ1v) is 4.93. The molecule has 2 aliphatic rings. The molecule has 2 saturated heterocycles. The lowest BCUT2D eigenvalue weighted by atomic mass is 10.2. The fourth-order valence-corrected chi connectivity index (χ4v) is 1.42. The Labute approximate surface area is 82.9 Å². The van der Waals surface area contributed by atoms with Gasteiger partial charge in [0.1, 0.15) is 6.04 Å². The van der Waals surface area contributed by atoms with E-state index in [0.29, 0.717) is 12.8 Å². The van der Waals surface area contributed by atoms with Gasteiger partial charge in [0.05, 0.1) is 0 Å². The summed E-state index contributed by atoms with van der Waals surface area (Å²) in [5.74, 6) is -1.11. The van der Waals surface area contributed by atoms with Gasteiger partial charge in [-0.05, 0) is 32.4 Å². The van der Waals surface area contributed by atoms with Crippen molar-refractivity contribution in [2.24, 2.45) is 0 Å². The van der Waals surface area contributed by atoms with E-state index in [9.17, 15) is 9.59 Å². The molecular weight excluding hydrogens is 184 g/mol. The van der Waals surface area contributed by atoms with Crippen LogP contribution in [0, 0.1) is 0 Å². The third-order valence-electron chi connectivity index (χ3n) is 2.25. The van der Waals surface area contributed by atoms with Gasteiger partial charge in [-0.15, -0.1) is 0 Å². The number of rotatable bonds is 1. The number of carbonyl (C=O) groups is 2. The van der Waals surface area contributed by atoms with Crippen molar-refractivity contribution in [3.05, 3.63) is 0 Å². The summed E-state index contributed by atoms with van der Waals surface area (Å²) in [5.41, 5.74) is 0. The molecular formula is C9H16N2O3. The molecule has 0 aromatic heterocycles. The highest BCUT2D eigenvalue weighted by Crippen LogP contribution is 2.05. The smallest absolute Gasteiger partial charge is 0.326 e. The van der Waals surface area contributed by atoms with Gasteiger partial charge < -0.3 is 15.7 Å². The van der Waals surface area contributed by atoms with Gasteiger partial charge in [0, 0.05) is 6.42 Å². The summed E-state index contributed by atoms with van der Waals surface area (Å²) < 4.78 is 0. The molecule has 0 aromatic rings. The second kappa shape index (κ2) is 5.59. The molecule has 0 spiro atoms. The molecule has 2 heterocycles. The standard InChI is InChI=1S/C5H7NO3.C4H9N/c7-4-2-1-3(6-4)5(8)9;1-2-4-5-3-1/h3H,1-2H2,(H,6,7)(H,8,9);5H,1-4H2. The molecule has 0 saturated carbocycles. The van der Waals surface area contributed by atoms with Crippen LogP contribution in [-0.2, 0) is 9.59 Å². The summed E-state index contributed by atoms with van der Waals surface area (Å²) in [6, 6.07) is -0.641. The normalized spacial score (nSPS) is 25.1. The summed E-state index contributed by atoms with van der Waals surface area (Å²) in [6.45, 7) is 2.50. The highest BCUT2D eigenvalue weighted by molar-refractivity contribution is 5.87. The number of hydrogen-bond donors (Lipinski definition) is 3. The van der Waals surface area contributed by atoms with Gasteiger partial charge in [0.15, 0.2) is 0 Å². The number of carboxylic acids is 1. The summed E-state index contributed by atoms with van der Waals surface area (Å²) in [4.78, 5) is 20.5. The third-order valence-corrected chi connectivity index (χ3v) is 2.25. The topological polar surface area (TPSA) is 78.4 Å².